The van der Waals surface area contributed by atoms with Gasteiger partial charge in [0, 0.05) is 48.0 Å². The largest absolute Gasteiger partial charge is 0.459 e. The molecule has 3 amide bonds. The highest BCUT2D eigenvalue weighted by molar-refractivity contribution is 6.37. The van der Waals surface area contributed by atoms with Crippen LogP contribution in [0.5, 0.6) is 0 Å². The van der Waals surface area contributed by atoms with Crippen molar-refractivity contribution in [3.05, 3.63) is 122 Å². The molecule has 2 aliphatic rings. The number of halogens is 1. The van der Waals surface area contributed by atoms with Gasteiger partial charge in [-0.3, -0.25) is 23.9 Å². The molecule has 0 spiro atoms. The van der Waals surface area contributed by atoms with Gasteiger partial charge in [-0.25, -0.2) is 9.58 Å². The van der Waals surface area contributed by atoms with Crippen molar-refractivity contribution in [2.24, 2.45) is 7.05 Å². The predicted molar refractivity (Wildman–Crippen MR) is 181 cm³/mol. The number of para-hydroxylation sites is 1. The molecule has 6 rings (SSSR count). The summed E-state index contributed by atoms with van der Waals surface area (Å²) in [5.74, 6) is -1.98. The Bertz CT molecular complexity index is 2000. The van der Waals surface area contributed by atoms with E-state index >= 15 is 0 Å². The minimum Gasteiger partial charge on any atom is -0.459 e. The number of amides is 3. The highest BCUT2D eigenvalue weighted by Gasteiger charge is 2.38. The van der Waals surface area contributed by atoms with Crippen molar-refractivity contribution in [3.63, 3.8) is 0 Å². The Morgan fingerprint density at radius 3 is 2.48 bits per heavy atom. The van der Waals surface area contributed by atoms with Crippen LogP contribution in [0, 0.1) is 13.8 Å². The van der Waals surface area contributed by atoms with E-state index < -0.39 is 29.9 Å². The summed E-state index contributed by atoms with van der Waals surface area (Å²) in [5, 5.41) is 12.4. The fraction of sp³-hybridized carbons (Fsp3) is 0.278. The van der Waals surface area contributed by atoms with Crippen LogP contribution in [0.25, 0.3) is 5.69 Å². The normalized spacial score (nSPS) is 17.3. The summed E-state index contributed by atoms with van der Waals surface area (Å²) in [5.41, 5.74) is 3.67. The first-order chi connectivity index (χ1) is 23.1. The number of ether oxygens (including phenoxy) is 2. The third-order valence-electron chi connectivity index (χ3n) is 8.65. The molecule has 11 nitrogen and oxygen atoms in total. The van der Waals surface area contributed by atoms with Crippen molar-refractivity contribution in [3.8, 4) is 5.69 Å². The SMILES string of the molecule is Cc1cc(NC(=O)C2=C[C@H](c3c(C)n(C)n(-c4ccccc4)c3=O)C[C@H](OCCCCO)O2)ccc1N1C(=O)c2ccc(Cl)cc2C1=O. The van der Waals surface area contributed by atoms with Gasteiger partial charge in [-0.05, 0) is 86.9 Å². The number of aryl methyl sites for hydroxylation is 1. The Morgan fingerprint density at radius 1 is 1.00 bits per heavy atom. The summed E-state index contributed by atoms with van der Waals surface area (Å²) in [6.07, 6.45) is 2.30. The van der Waals surface area contributed by atoms with Crippen LogP contribution in [0.3, 0.4) is 0 Å². The van der Waals surface area contributed by atoms with Gasteiger partial charge >= 0.3 is 0 Å². The Balaban J connectivity index is 1.27. The standard InChI is InChI=1S/C36H35ClN4O7/c1-21-17-25(12-14-29(21)40-34(44)27-13-11-24(37)20-28(27)35(40)45)38-33(43)30-18-23(19-31(48-30)47-16-8-7-15-42)32-22(2)39(3)41(36(32)46)26-9-5-4-6-10-26/h4-6,9-14,17-18,20,23,31,42H,7-8,15-16,19H2,1-3H3,(H,38,43)/t23-,31+/m0/s1. The number of imide groups is 1. The maximum Gasteiger partial charge on any atom is 0.290 e. The average molecular weight is 671 g/mol. The number of carbonyl (C=O) groups is 3. The smallest absolute Gasteiger partial charge is 0.290 e. The van der Waals surface area contributed by atoms with Gasteiger partial charge in [0.2, 0.25) is 6.29 Å². The van der Waals surface area contributed by atoms with E-state index in [2.05, 4.69) is 5.32 Å². The molecule has 2 atom stereocenters. The third kappa shape index (κ3) is 6.19. The fourth-order valence-electron chi connectivity index (χ4n) is 6.17. The number of allylic oxidation sites excluding steroid dienone is 1. The van der Waals surface area contributed by atoms with Gasteiger partial charge in [-0.1, -0.05) is 29.8 Å². The number of benzene rings is 3. The lowest BCUT2D eigenvalue weighted by Gasteiger charge is -2.29. The minimum atomic E-state index is -0.810. The van der Waals surface area contributed by atoms with E-state index in [9.17, 15) is 24.3 Å². The molecule has 4 aromatic rings. The summed E-state index contributed by atoms with van der Waals surface area (Å²) in [6, 6.07) is 18.7. The molecule has 48 heavy (non-hydrogen) atoms. The van der Waals surface area contributed by atoms with E-state index in [1.807, 2.05) is 44.3 Å². The molecule has 3 heterocycles. The summed E-state index contributed by atoms with van der Waals surface area (Å²) in [4.78, 5) is 54.8. The highest BCUT2D eigenvalue weighted by atomic mass is 35.5. The molecule has 0 unspecified atom stereocenters. The van der Waals surface area contributed by atoms with Crippen LogP contribution in [0.2, 0.25) is 5.02 Å². The van der Waals surface area contributed by atoms with Crippen molar-refractivity contribution in [2.45, 2.75) is 45.3 Å². The summed E-state index contributed by atoms with van der Waals surface area (Å²) < 4.78 is 15.4. The minimum absolute atomic E-state index is 0.00808. The zero-order valence-electron chi connectivity index (χ0n) is 26.7. The number of fused-ring (bicyclic) bond motifs is 1. The Labute approximate surface area is 281 Å². The number of anilines is 2. The van der Waals surface area contributed by atoms with E-state index in [4.69, 9.17) is 21.1 Å². The molecule has 0 saturated carbocycles. The number of rotatable bonds is 10. The summed E-state index contributed by atoms with van der Waals surface area (Å²) >= 11 is 6.06. The molecule has 12 heteroatoms. The first-order valence-corrected chi connectivity index (χ1v) is 16.0. The molecule has 2 aliphatic heterocycles. The Morgan fingerprint density at radius 2 is 1.75 bits per heavy atom. The van der Waals surface area contributed by atoms with Gasteiger partial charge in [-0.15, -0.1) is 0 Å². The fourth-order valence-corrected chi connectivity index (χ4v) is 6.34. The molecule has 0 radical (unpaired) electrons. The van der Waals surface area contributed by atoms with Crippen molar-refractivity contribution in [2.75, 3.05) is 23.4 Å². The first kappa shape index (κ1) is 33.0. The van der Waals surface area contributed by atoms with Gasteiger partial charge in [0.05, 0.1) is 29.1 Å². The molecular weight excluding hydrogens is 636 g/mol. The Kier molecular flexibility index (Phi) is 9.36. The molecule has 1 aromatic heterocycles. The lowest BCUT2D eigenvalue weighted by Crippen LogP contribution is -2.31. The Hall–Kier alpha value is -4.97. The second-order valence-corrected chi connectivity index (χ2v) is 12.2. The second-order valence-electron chi connectivity index (χ2n) is 11.8. The molecule has 0 fully saturated rings. The number of aliphatic hydroxyl groups excluding tert-OH is 1. The van der Waals surface area contributed by atoms with Gasteiger partial charge < -0.3 is 19.9 Å². The van der Waals surface area contributed by atoms with E-state index in [-0.39, 0.29) is 29.1 Å². The number of hydrogen-bond donors (Lipinski definition) is 2. The van der Waals surface area contributed by atoms with Gasteiger partial charge in [0.1, 0.15) is 0 Å². The van der Waals surface area contributed by atoms with Crippen molar-refractivity contribution < 1.29 is 29.0 Å². The maximum absolute atomic E-state index is 13.8. The molecule has 2 N–H and O–H groups in total. The topological polar surface area (TPSA) is 132 Å². The first-order valence-electron chi connectivity index (χ1n) is 15.6. The zero-order chi connectivity index (χ0) is 34.1. The maximum atomic E-state index is 13.8. The monoisotopic (exact) mass is 670 g/mol. The number of carbonyl (C=O) groups excluding carboxylic acids is 3. The van der Waals surface area contributed by atoms with E-state index in [1.54, 1.807) is 46.6 Å². The van der Waals surface area contributed by atoms with Crippen LogP contribution < -0.4 is 15.8 Å². The predicted octanol–water partition coefficient (Wildman–Crippen LogP) is 5.39. The van der Waals surface area contributed by atoms with E-state index in [1.165, 1.54) is 12.1 Å². The third-order valence-corrected chi connectivity index (χ3v) is 8.89. The van der Waals surface area contributed by atoms with Crippen molar-refractivity contribution in [1.82, 2.24) is 9.36 Å². The summed E-state index contributed by atoms with van der Waals surface area (Å²) in [7, 11) is 1.82. The van der Waals surface area contributed by atoms with Gasteiger partial charge in [0.25, 0.3) is 23.3 Å². The molecular formula is C36H35ClN4O7. The number of nitrogens with zero attached hydrogens (tertiary/aromatic N) is 3. The van der Waals surface area contributed by atoms with Crippen molar-refractivity contribution >= 4 is 40.7 Å². The zero-order valence-corrected chi connectivity index (χ0v) is 27.5. The average Bonchev–Trinajstić information content (AvgIpc) is 3.45. The molecule has 0 bridgehead atoms. The van der Waals surface area contributed by atoms with Gasteiger partial charge in [0.15, 0.2) is 5.76 Å². The molecule has 0 aliphatic carbocycles. The molecule has 0 saturated heterocycles. The number of aliphatic hydroxyl groups is 1. The molecule has 3 aromatic carbocycles. The van der Waals surface area contributed by atoms with Crippen LogP contribution in [-0.2, 0) is 21.3 Å². The van der Waals surface area contributed by atoms with E-state index in [0.29, 0.717) is 59.1 Å². The van der Waals surface area contributed by atoms with E-state index in [0.717, 1.165) is 10.6 Å². The highest BCUT2D eigenvalue weighted by Crippen LogP contribution is 2.35. The lowest BCUT2D eigenvalue weighted by atomic mass is 9.93. The van der Waals surface area contributed by atoms with Crippen LogP contribution in [0.15, 0.2) is 83.4 Å². The second kappa shape index (κ2) is 13.6. The van der Waals surface area contributed by atoms with Crippen LogP contribution >= 0.6 is 11.6 Å². The number of unbranched alkanes of at least 4 members (excludes halogenated alkanes) is 1. The van der Waals surface area contributed by atoms with Crippen molar-refractivity contribution in [1.29, 1.82) is 0 Å². The number of aromatic nitrogens is 2. The lowest BCUT2D eigenvalue weighted by molar-refractivity contribution is -0.143. The summed E-state index contributed by atoms with van der Waals surface area (Å²) in [6.45, 7) is 3.94. The van der Waals surface area contributed by atoms with Crippen LogP contribution in [0.4, 0.5) is 11.4 Å². The quantitative estimate of drug-likeness (QED) is 0.171. The van der Waals surface area contributed by atoms with Gasteiger partial charge in [-0.2, -0.15) is 0 Å². The van der Waals surface area contributed by atoms with Crippen LogP contribution in [0.1, 0.15) is 62.7 Å². The van der Waals surface area contributed by atoms with Crippen LogP contribution in [-0.4, -0.2) is 51.7 Å². The molecule has 248 valence electrons. The number of hydrogen-bond acceptors (Lipinski definition) is 7. The number of nitrogens with one attached hydrogen (secondary N) is 1.